The van der Waals surface area contributed by atoms with Gasteiger partial charge in [0.1, 0.15) is 11.6 Å². The molecule has 0 saturated heterocycles. The van der Waals surface area contributed by atoms with Crippen LogP contribution in [0, 0.1) is 12.7 Å². The monoisotopic (exact) mass is 297 g/mol. The zero-order chi connectivity index (χ0) is 15.9. The van der Waals surface area contributed by atoms with E-state index in [1.165, 1.54) is 16.7 Å². The summed E-state index contributed by atoms with van der Waals surface area (Å²) in [5, 5.41) is 0.524. The minimum absolute atomic E-state index is 0.235. The van der Waals surface area contributed by atoms with E-state index in [9.17, 15) is 9.18 Å². The molecule has 0 fully saturated rings. The molecule has 22 heavy (non-hydrogen) atoms. The van der Waals surface area contributed by atoms with Crippen LogP contribution in [0.2, 0.25) is 0 Å². The maximum Gasteiger partial charge on any atom is 0.266 e. The van der Waals surface area contributed by atoms with E-state index in [-0.39, 0.29) is 5.56 Å². The summed E-state index contributed by atoms with van der Waals surface area (Å²) in [6.45, 7) is 3.60. The molecule has 1 unspecified atom stereocenters. The van der Waals surface area contributed by atoms with Gasteiger partial charge in [0, 0.05) is 0 Å². The highest BCUT2D eigenvalue weighted by atomic mass is 19.1. The number of rotatable bonds is 2. The highest BCUT2D eigenvalue weighted by molar-refractivity contribution is 5.81. The molecule has 2 aromatic carbocycles. The molecule has 1 aromatic heterocycles. The van der Waals surface area contributed by atoms with Crippen molar-refractivity contribution in [1.29, 1.82) is 0 Å². The Morgan fingerprint density at radius 3 is 2.64 bits per heavy atom. The van der Waals surface area contributed by atoms with E-state index in [1.54, 1.807) is 25.1 Å². The second-order valence-electron chi connectivity index (χ2n) is 5.35. The lowest BCUT2D eigenvalue weighted by Gasteiger charge is -2.16. The third kappa shape index (κ3) is 2.29. The van der Waals surface area contributed by atoms with Crippen molar-refractivity contribution < 1.29 is 4.39 Å². The van der Waals surface area contributed by atoms with Gasteiger partial charge in [-0.05, 0) is 43.7 Å². The summed E-state index contributed by atoms with van der Waals surface area (Å²) in [4.78, 5) is 17.4. The number of hydrogen-bond acceptors (Lipinski definition) is 3. The van der Waals surface area contributed by atoms with E-state index >= 15 is 0 Å². The molecule has 0 amide bonds. The fraction of sp³-hybridized carbons (Fsp3) is 0.176. The predicted molar refractivity (Wildman–Crippen MR) is 84.6 cm³/mol. The van der Waals surface area contributed by atoms with Crippen molar-refractivity contribution in [3.05, 3.63) is 70.0 Å². The lowest BCUT2D eigenvalue weighted by Crippen LogP contribution is -2.28. The van der Waals surface area contributed by atoms with Crippen LogP contribution in [-0.4, -0.2) is 9.55 Å². The van der Waals surface area contributed by atoms with Crippen LogP contribution >= 0.6 is 0 Å². The lowest BCUT2D eigenvalue weighted by molar-refractivity contribution is 0.624. The summed E-state index contributed by atoms with van der Waals surface area (Å²) in [6, 6.07) is 10.9. The molecule has 1 atom stereocenters. The standard InChI is InChI=1S/C17H16FN3O/c1-10-5-3-8-14-15(10)17(22)21(16(20-14)11(2)19)13-7-4-6-12(18)9-13/h3-9,11H,19H2,1-2H3. The van der Waals surface area contributed by atoms with E-state index in [0.29, 0.717) is 22.4 Å². The van der Waals surface area contributed by atoms with Gasteiger partial charge in [-0.3, -0.25) is 9.36 Å². The number of hydrogen-bond donors (Lipinski definition) is 1. The first-order valence-electron chi connectivity index (χ1n) is 7.03. The van der Waals surface area contributed by atoms with Crippen LogP contribution in [0.1, 0.15) is 24.4 Å². The topological polar surface area (TPSA) is 60.9 Å². The number of aromatic nitrogens is 2. The van der Waals surface area contributed by atoms with Crippen LogP contribution < -0.4 is 11.3 Å². The molecule has 0 aliphatic carbocycles. The first-order valence-corrected chi connectivity index (χ1v) is 7.03. The van der Waals surface area contributed by atoms with Crippen LogP contribution in [0.4, 0.5) is 4.39 Å². The van der Waals surface area contributed by atoms with E-state index in [0.717, 1.165) is 5.56 Å². The normalized spacial score (nSPS) is 12.5. The molecule has 112 valence electrons. The van der Waals surface area contributed by atoms with Crippen LogP contribution in [0.25, 0.3) is 16.6 Å². The number of benzene rings is 2. The zero-order valence-corrected chi connectivity index (χ0v) is 12.4. The summed E-state index contributed by atoms with van der Waals surface area (Å²) in [5.41, 5.74) is 7.59. The van der Waals surface area contributed by atoms with Gasteiger partial charge in [0.15, 0.2) is 0 Å². The van der Waals surface area contributed by atoms with Gasteiger partial charge in [0.2, 0.25) is 0 Å². The molecular formula is C17H16FN3O. The predicted octanol–water partition coefficient (Wildman–Crippen LogP) is 2.85. The van der Waals surface area contributed by atoms with Crippen molar-refractivity contribution in [2.45, 2.75) is 19.9 Å². The van der Waals surface area contributed by atoms with Crippen LogP contribution in [0.3, 0.4) is 0 Å². The third-order valence-corrected chi connectivity index (χ3v) is 3.61. The van der Waals surface area contributed by atoms with Crippen molar-refractivity contribution in [3.8, 4) is 5.69 Å². The molecule has 3 aromatic rings. The Hall–Kier alpha value is -2.53. The van der Waals surface area contributed by atoms with Gasteiger partial charge >= 0.3 is 0 Å². The summed E-state index contributed by atoms with van der Waals surface area (Å²) >= 11 is 0. The zero-order valence-electron chi connectivity index (χ0n) is 12.4. The SMILES string of the molecule is Cc1cccc2nc(C(C)N)n(-c3cccc(F)c3)c(=O)c12. The maximum absolute atomic E-state index is 13.5. The first kappa shape index (κ1) is 14.4. The van der Waals surface area contributed by atoms with E-state index in [4.69, 9.17) is 5.73 Å². The van der Waals surface area contributed by atoms with Crippen molar-refractivity contribution in [2.24, 2.45) is 5.73 Å². The van der Waals surface area contributed by atoms with E-state index in [2.05, 4.69) is 4.98 Å². The minimum Gasteiger partial charge on any atom is -0.322 e. The van der Waals surface area contributed by atoms with E-state index in [1.807, 2.05) is 19.1 Å². The van der Waals surface area contributed by atoms with Crippen molar-refractivity contribution in [1.82, 2.24) is 9.55 Å². The Balaban J connectivity index is 2.46. The first-order chi connectivity index (χ1) is 10.5. The molecule has 0 saturated carbocycles. The Labute approximate surface area is 127 Å². The van der Waals surface area contributed by atoms with Gasteiger partial charge in [-0.1, -0.05) is 18.2 Å². The van der Waals surface area contributed by atoms with Crippen molar-refractivity contribution in [3.63, 3.8) is 0 Å². The molecule has 0 aliphatic heterocycles. The molecule has 5 heteroatoms. The van der Waals surface area contributed by atoms with E-state index < -0.39 is 11.9 Å². The number of halogens is 1. The molecule has 0 bridgehead atoms. The highest BCUT2D eigenvalue weighted by Gasteiger charge is 2.16. The van der Waals surface area contributed by atoms with Gasteiger partial charge in [-0.25, -0.2) is 9.37 Å². The molecule has 2 N–H and O–H groups in total. The van der Waals surface area contributed by atoms with Crippen molar-refractivity contribution in [2.75, 3.05) is 0 Å². The summed E-state index contributed by atoms with van der Waals surface area (Å²) in [6.07, 6.45) is 0. The quantitative estimate of drug-likeness (QED) is 0.791. The Bertz CT molecular complexity index is 915. The summed E-state index contributed by atoms with van der Waals surface area (Å²) < 4.78 is 14.9. The fourth-order valence-electron chi connectivity index (χ4n) is 2.58. The Morgan fingerprint density at radius 1 is 1.23 bits per heavy atom. The molecule has 0 aliphatic rings. The molecule has 1 heterocycles. The second-order valence-corrected chi connectivity index (χ2v) is 5.35. The summed E-state index contributed by atoms with van der Waals surface area (Å²) in [7, 11) is 0. The third-order valence-electron chi connectivity index (χ3n) is 3.61. The van der Waals surface area contributed by atoms with Crippen LogP contribution in [-0.2, 0) is 0 Å². The number of aryl methyl sites for hydroxylation is 1. The smallest absolute Gasteiger partial charge is 0.266 e. The lowest BCUT2D eigenvalue weighted by atomic mass is 10.1. The van der Waals surface area contributed by atoms with Gasteiger partial charge in [-0.2, -0.15) is 0 Å². The van der Waals surface area contributed by atoms with Gasteiger partial charge in [0.05, 0.1) is 22.6 Å². The van der Waals surface area contributed by atoms with Crippen molar-refractivity contribution >= 4 is 10.9 Å². The maximum atomic E-state index is 13.5. The molecule has 0 radical (unpaired) electrons. The number of fused-ring (bicyclic) bond motifs is 1. The number of nitrogens with zero attached hydrogens (tertiary/aromatic N) is 2. The Kier molecular flexibility index (Phi) is 3.50. The molecule has 0 spiro atoms. The Morgan fingerprint density at radius 2 is 1.95 bits per heavy atom. The van der Waals surface area contributed by atoms with Crippen LogP contribution in [0.15, 0.2) is 47.3 Å². The second kappa shape index (κ2) is 5.35. The van der Waals surface area contributed by atoms with Gasteiger partial charge in [0.25, 0.3) is 5.56 Å². The van der Waals surface area contributed by atoms with Crippen LogP contribution in [0.5, 0.6) is 0 Å². The summed E-state index contributed by atoms with van der Waals surface area (Å²) in [5.74, 6) is -0.00129. The number of nitrogens with two attached hydrogens (primary N) is 1. The van der Waals surface area contributed by atoms with Gasteiger partial charge < -0.3 is 5.73 Å². The molecule has 4 nitrogen and oxygen atoms in total. The largest absolute Gasteiger partial charge is 0.322 e. The van der Waals surface area contributed by atoms with Gasteiger partial charge in [-0.15, -0.1) is 0 Å². The average molecular weight is 297 g/mol. The highest BCUT2D eigenvalue weighted by Crippen LogP contribution is 2.19. The minimum atomic E-state index is -0.458. The average Bonchev–Trinajstić information content (AvgIpc) is 2.46. The fourth-order valence-corrected chi connectivity index (χ4v) is 2.58. The molecule has 3 rings (SSSR count). The molecular weight excluding hydrogens is 281 g/mol.